The zero-order valence-electron chi connectivity index (χ0n) is 8.23. The van der Waals surface area contributed by atoms with Crippen molar-refractivity contribution in [3.05, 3.63) is 0 Å². The second-order valence-corrected chi connectivity index (χ2v) is 4.26. The number of rotatable bonds is 3. The molecule has 1 aliphatic rings. The summed E-state index contributed by atoms with van der Waals surface area (Å²) in [7, 11) is 0. The SMILES string of the molecule is CC1CCC(C(F)(F)CCN)CC1. The number of hydrogen-bond donors (Lipinski definition) is 1. The largest absolute Gasteiger partial charge is 0.330 e. The zero-order chi connectivity index (χ0) is 9.90. The molecule has 3 heteroatoms. The lowest BCUT2D eigenvalue weighted by Gasteiger charge is -2.32. The fourth-order valence-electron chi connectivity index (χ4n) is 2.08. The molecule has 1 saturated carbocycles. The summed E-state index contributed by atoms with van der Waals surface area (Å²) in [5, 5.41) is 0. The van der Waals surface area contributed by atoms with Crippen molar-refractivity contribution in [3.8, 4) is 0 Å². The van der Waals surface area contributed by atoms with Gasteiger partial charge in [-0.3, -0.25) is 0 Å². The topological polar surface area (TPSA) is 26.0 Å². The Kier molecular flexibility index (Phi) is 3.65. The predicted octanol–water partition coefficient (Wildman–Crippen LogP) is 2.80. The van der Waals surface area contributed by atoms with Crippen LogP contribution >= 0.6 is 0 Å². The number of alkyl halides is 2. The molecule has 0 aromatic heterocycles. The second kappa shape index (κ2) is 4.36. The lowest BCUT2D eigenvalue weighted by molar-refractivity contribution is -0.0786. The van der Waals surface area contributed by atoms with E-state index in [-0.39, 0.29) is 13.0 Å². The van der Waals surface area contributed by atoms with Gasteiger partial charge in [0.1, 0.15) is 0 Å². The molecule has 2 N–H and O–H groups in total. The van der Waals surface area contributed by atoms with E-state index in [4.69, 9.17) is 5.73 Å². The minimum atomic E-state index is -2.52. The Morgan fingerprint density at radius 3 is 2.23 bits per heavy atom. The minimum absolute atomic E-state index is 0.0963. The Hall–Kier alpha value is -0.180. The Labute approximate surface area is 78.7 Å². The van der Waals surface area contributed by atoms with Gasteiger partial charge in [-0.2, -0.15) is 0 Å². The van der Waals surface area contributed by atoms with Crippen molar-refractivity contribution in [1.82, 2.24) is 0 Å². The molecule has 0 bridgehead atoms. The quantitative estimate of drug-likeness (QED) is 0.729. The molecule has 0 radical (unpaired) electrons. The smallest absolute Gasteiger partial charge is 0.252 e. The Balaban J connectivity index is 2.42. The summed E-state index contributed by atoms with van der Waals surface area (Å²) in [6, 6.07) is 0. The second-order valence-electron chi connectivity index (χ2n) is 4.26. The van der Waals surface area contributed by atoms with Crippen molar-refractivity contribution in [2.24, 2.45) is 17.6 Å². The molecule has 0 atom stereocenters. The first-order chi connectivity index (χ1) is 6.06. The van der Waals surface area contributed by atoms with Crippen LogP contribution in [0, 0.1) is 11.8 Å². The molecule has 0 amide bonds. The summed E-state index contributed by atoms with van der Waals surface area (Å²) < 4.78 is 26.7. The Bertz CT molecular complexity index is 151. The van der Waals surface area contributed by atoms with Crippen LogP contribution in [0.4, 0.5) is 8.78 Å². The van der Waals surface area contributed by atoms with Crippen molar-refractivity contribution in [2.45, 2.75) is 45.0 Å². The maximum atomic E-state index is 13.4. The first kappa shape index (κ1) is 10.9. The van der Waals surface area contributed by atoms with Crippen LogP contribution < -0.4 is 5.73 Å². The van der Waals surface area contributed by atoms with Crippen LogP contribution in [0.25, 0.3) is 0 Å². The molecule has 78 valence electrons. The molecule has 0 aromatic rings. The molecular formula is C10H19F2N. The number of halogens is 2. The van der Waals surface area contributed by atoms with Gasteiger partial charge in [-0.15, -0.1) is 0 Å². The van der Waals surface area contributed by atoms with Crippen molar-refractivity contribution in [3.63, 3.8) is 0 Å². The highest BCUT2D eigenvalue weighted by molar-refractivity contribution is 4.81. The van der Waals surface area contributed by atoms with E-state index in [9.17, 15) is 8.78 Å². The van der Waals surface area contributed by atoms with Crippen molar-refractivity contribution >= 4 is 0 Å². The molecule has 13 heavy (non-hydrogen) atoms. The highest BCUT2D eigenvalue weighted by Gasteiger charge is 2.39. The maximum Gasteiger partial charge on any atom is 0.252 e. The third-order valence-corrected chi connectivity index (χ3v) is 3.09. The van der Waals surface area contributed by atoms with E-state index in [1.54, 1.807) is 0 Å². The van der Waals surface area contributed by atoms with Gasteiger partial charge < -0.3 is 5.73 Å². The van der Waals surface area contributed by atoms with Gasteiger partial charge in [0.15, 0.2) is 0 Å². The third-order valence-electron chi connectivity index (χ3n) is 3.09. The van der Waals surface area contributed by atoms with Gasteiger partial charge in [0.25, 0.3) is 5.92 Å². The highest BCUT2D eigenvalue weighted by Crippen LogP contribution is 2.39. The molecule has 0 saturated heterocycles. The summed E-state index contributed by atoms with van der Waals surface area (Å²) in [6.07, 6.45) is 3.10. The average Bonchev–Trinajstić information content (AvgIpc) is 2.05. The van der Waals surface area contributed by atoms with Crippen LogP contribution in [0.15, 0.2) is 0 Å². The van der Waals surface area contributed by atoms with Crippen molar-refractivity contribution in [1.29, 1.82) is 0 Å². The highest BCUT2D eigenvalue weighted by atomic mass is 19.3. The van der Waals surface area contributed by atoms with Gasteiger partial charge in [-0.25, -0.2) is 8.78 Å². The zero-order valence-corrected chi connectivity index (χ0v) is 8.23. The molecular weight excluding hydrogens is 172 g/mol. The Morgan fingerprint density at radius 2 is 1.77 bits per heavy atom. The molecule has 0 heterocycles. The molecule has 1 aliphatic carbocycles. The maximum absolute atomic E-state index is 13.4. The molecule has 0 spiro atoms. The number of nitrogens with two attached hydrogens (primary N) is 1. The number of hydrogen-bond acceptors (Lipinski definition) is 1. The summed E-state index contributed by atoms with van der Waals surface area (Å²) in [4.78, 5) is 0. The van der Waals surface area contributed by atoms with Gasteiger partial charge in [0.05, 0.1) is 0 Å². The molecule has 0 unspecified atom stereocenters. The standard InChI is InChI=1S/C10H19F2N/c1-8-2-4-9(5-3-8)10(11,12)6-7-13/h8-9H,2-7,13H2,1H3. The van der Waals surface area contributed by atoms with E-state index < -0.39 is 11.8 Å². The summed E-state index contributed by atoms with van der Waals surface area (Å²) in [6.45, 7) is 2.23. The monoisotopic (exact) mass is 191 g/mol. The normalized spacial score (nSPS) is 30.5. The van der Waals surface area contributed by atoms with E-state index in [0.717, 1.165) is 12.8 Å². The summed E-state index contributed by atoms with van der Waals surface area (Å²) >= 11 is 0. The molecule has 1 fully saturated rings. The van der Waals surface area contributed by atoms with Gasteiger partial charge in [0, 0.05) is 12.3 Å². The van der Waals surface area contributed by atoms with E-state index in [2.05, 4.69) is 6.92 Å². The van der Waals surface area contributed by atoms with Gasteiger partial charge in [0.2, 0.25) is 0 Å². The van der Waals surface area contributed by atoms with Gasteiger partial charge in [-0.05, 0) is 25.3 Å². The first-order valence-electron chi connectivity index (χ1n) is 5.14. The molecule has 0 aromatic carbocycles. The predicted molar refractivity (Wildman–Crippen MR) is 49.7 cm³/mol. The van der Waals surface area contributed by atoms with Crippen LogP contribution in [0.1, 0.15) is 39.0 Å². The third kappa shape index (κ3) is 2.90. The van der Waals surface area contributed by atoms with Gasteiger partial charge in [-0.1, -0.05) is 19.8 Å². The summed E-state index contributed by atoms with van der Waals surface area (Å²) in [5.41, 5.74) is 5.17. The lowest BCUT2D eigenvalue weighted by Crippen LogP contribution is -2.33. The van der Waals surface area contributed by atoms with E-state index >= 15 is 0 Å². The fourth-order valence-corrected chi connectivity index (χ4v) is 2.08. The van der Waals surface area contributed by atoms with Crippen LogP contribution in [0.5, 0.6) is 0 Å². The minimum Gasteiger partial charge on any atom is -0.330 e. The van der Waals surface area contributed by atoms with Crippen LogP contribution in [0.3, 0.4) is 0 Å². The lowest BCUT2D eigenvalue weighted by atomic mass is 9.79. The fraction of sp³-hybridized carbons (Fsp3) is 1.00. The molecule has 1 rings (SSSR count). The average molecular weight is 191 g/mol. The molecule has 1 nitrogen and oxygen atoms in total. The molecule has 0 aliphatic heterocycles. The van der Waals surface area contributed by atoms with E-state index in [1.165, 1.54) is 0 Å². The van der Waals surface area contributed by atoms with Crippen LogP contribution in [0.2, 0.25) is 0 Å². The first-order valence-corrected chi connectivity index (χ1v) is 5.14. The van der Waals surface area contributed by atoms with Crippen molar-refractivity contribution < 1.29 is 8.78 Å². The van der Waals surface area contributed by atoms with Crippen LogP contribution in [-0.4, -0.2) is 12.5 Å². The van der Waals surface area contributed by atoms with Crippen molar-refractivity contribution in [2.75, 3.05) is 6.54 Å². The van der Waals surface area contributed by atoms with Crippen LogP contribution in [-0.2, 0) is 0 Å². The van der Waals surface area contributed by atoms with E-state index in [1.807, 2.05) is 0 Å². The summed E-state index contributed by atoms with van der Waals surface area (Å²) in [5.74, 6) is -2.30. The Morgan fingerprint density at radius 1 is 1.23 bits per heavy atom. The van der Waals surface area contributed by atoms with E-state index in [0.29, 0.717) is 18.8 Å². The van der Waals surface area contributed by atoms with Gasteiger partial charge >= 0.3 is 0 Å².